The van der Waals surface area contributed by atoms with Crippen molar-refractivity contribution in [1.29, 1.82) is 0 Å². The van der Waals surface area contributed by atoms with Crippen molar-refractivity contribution in [2.45, 2.75) is 52.2 Å². The molecule has 5 heteroatoms. The molecule has 158 valence electrons. The van der Waals surface area contributed by atoms with Crippen molar-refractivity contribution in [3.63, 3.8) is 0 Å². The standard InChI is InChI=1S/C25H28BrNO3/c1-4-17(3)18-6-8-19(9-7-18)23(5-2)27-25(28)24-15-14-22(30-24)16-29-21-12-10-20(26)11-13-21/h6-15,17,23H,4-5,16H2,1-3H3,(H,27,28). The normalized spacial score (nSPS) is 12.9. The zero-order chi connectivity index (χ0) is 21.5. The minimum atomic E-state index is -0.220. The fraction of sp³-hybridized carbons (Fsp3) is 0.320. The van der Waals surface area contributed by atoms with Crippen LogP contribution in [0.4, 0.5) is 0 Å². The van der Waals surface area contributed by atoms with Gasteiger partial charge in [-0.05, 0) is 66.3 Å². The van der Waals surface area contributed by atoms with E-state index in [0.29, 0.717) is 17.4 Å². The number of hydrogen-bond donors (Lipinski definition) is 1. The highest BCUT2D eigenvalue weighted by molar-refractivity contribution is 9.10. The molecule has 4 nitrogen and oxygen atoms in total. The summed E-state index contributed by atoms with van der Waals surface area (Å²) in [6, 6.07) is 19.5. The molecule has 0 aliphatic heterocycles. The van der Waals surface area contributed by atoms with E-state index >= 15 is 0 Å². The molecule has 0 bridgehead atoms. The van der Waals surface area contributed by atoms with E-state index in [1.165, 1.54) is 5.56 Å². The lowest BCUT2D eigenvalue weighted by Gasteiger charge is -2.18. The summed E-state index contributed by atoms with van der Waals surface area (Å²) in [5.41, 5.74) is 2.42. The van der Waals surface area contributed by atoms with Gasteiger partial charge in [0.05, 0.1) is 6.04 Å². The van der Waals surface area contributed by atoms with Crippen molar-refractivity contribution >= 4 is 21.8 Å². The third kappa shape index (κ3) is 5.76. The Balaban J connectivity index is 1.59. The van der Waals surface area contributed by atoms with Crippen molar-refractivity contribution in [1.82, 2.24) is 5.32 Å². The summed E-state index contributed by atoms with van der Waals surface area (Å²) in [7, 11) is 0. The molecule has 1 amide bonds. The quantitative estimate of drug-likeness (QED) is 0.366. The number of furan rings is 1. The molecule has 1 aromatic heterocycles. The summed E-state index contributed by atoms with van der Waals surface area (Å²) < 4.78 is 12.4. The smallest absolute Gasteiger partial charge is 0.287 e. The molecular weight excluding hydrogens is 442 g/mol. The lowest BCUT2D eigenvalue weighted by atomic mass is 9.95. The second-order valence-corrected chi connectivity index (χ2v) is 8.33. The van der Waals surface area contributed by atoms with Gasteiger partial charge < -0.3 is 14.5 Å². The molecule has 0 aliphatic rings. The largest absolute Gasteiger partial charge is 0.486 e. The topological polar surface area (TPSA) is 51.5 Å². The molecule has 3 aromatic rings. The van der Waals surface area contributed by atoms with E-state index in [1.54, 1.807) is 12.1 Å². The van der Waals surface area contributed by atoms with E-state index in [1.807, 2.05) is 24.3 Å². The van der Waals surface area contributed by atoms with Crippen LogP contribution in [-0.4, -0.2) is 5.91 Å². The zero-order valence-corrected chi connectivity index (χ0v) is 19.2. The molecule has 3 rings (SSSR count). The monoisotopic (exact) mass is 469 g/mol. The Morgan fingerprint density at radius 3 is 2.27 bits per heavy atom. The molecule has 2 aromatic carbocycles. The van der Waals surface area contributed by atoms with Gasteiger partial charge >= 0.3 is 0 Å². The summed E-state index contributed by atoms with van der Waals surface area (Å²) in [6.07, 6.45) is 1.91. The fourth-order valence-corrected chi connectivity index (χ4v) is 3.47. The lowest BCUT2D eigenvalue weighted by Crippen LogP contribution is -2.27. The van der Waals surface area contributed by atoms with E-state index in [2.05, 4.69) is 66.3 Å². The highest BCUT2D eigenvalue weighted by atomic mass is 79.9. The molecule has 2 atom stereocenters. The van der Waals surface area contributed by atoms with Gasteiger partial charge in [-0.25, -0.2) is 0 Å². The highest BCUT2D eigenvalue weighted by Crippen LogP contribution is 2.23. The number of ether oxygens (including phenoxy) is 1. The van der Waals surface area contributed by atoms with Crippen LogP contribution in [0.3, 0.4) is 0 Å². The van der Waals surface area contributed by atoms with Crippen LogP contribution >= 0.6 is 15.9 Å². The van der Waals surface area contributed by atoms with Crippen LogP contribution in [0.5, 0.6) is 5.75 Å². The Morgan fingerprint density at radius 1 is 0.967 bits per heavy atom. The molecule has 2 unspecified atom stereocenters. The fourth-order valence-electron chi connectivity index (χ4n) is 3.21. The van der Waals surface area contributed by atoms with Crippen molar-refractivity contribution in [3.05, 3.63) is 87.8 Å². The minimum Gasteiger partial charge on any atom is -0.486 e. The number of rotatable bonds is 9. The molecule has 0 aliphatic carbocycles. The minimum absolute atomic E-state index is 0.0592. The van der Waals surface area contributed by atoms with Crippen molar-refractivity contribution in [3.8, 4) is 5.75 Å². The maximum Gasteiger partial charge on any atom is 0.287 e. The SMILES string of the molecule is CCC(C)c1ccc(C(CC)NC(=O)c2ccc(COc3ccc(Br)cc3)o2)cc1. The summed E-state index contributed by atoms with van der Waals surface area (Å²) in [6.45, 7) is 6.74. The molecule has 0 saturated carbocycles. The van der Waals surface area contributed by atoms with Crippen LogP contribution in [-0.2, 0) is 6.61 Å². The first kappa shape index (κ1) is 22.2. The van der Waals surface area contributed by atoms with Crippen molar-refractivity contribution in [2.75, 3.05) is 0 Å². The van der Waals surface area contributed by atoms with Gasteiger partial charge in [0, 0.05) is 4.47 Å². The zero-order valence-electron chi connectivity index (χ0n) is 17.7. The van der Waals surface area contributed by atoms with Crippen LogP contribution in [0, 0.1) is 0 Å². The van der Waals surface area contributed by atoms with Gasteiger partial charge in [-0.15, -0.1) is 0 Å². The number of carbonyl (C=O) groups is 1. The Labute approximate surface area is 186 Å². The molecule has 0 saturated heterocycles. The highest BCUT2D eigenvalue weighted by Gasteiger charge is 2.17. The Hall–Kier alpha value is -2.53. The van der Waals surface area contributed by atoms with Crippen LogP contribution in [0.25, 0.3) is 0 Å². The summed E-state index contributed by atoms with van der Waals surface area (Å²) in [5.74, 6) is 1.96. The van der Waals surface area contributed by atoms with Crippen molar-refractivity contribution in [2.24, 2.45) is 0 Å². The van der Waals surface area contributed by atoms with Gasteiger partial charge in [0.1, 0.15) is 18.1 Å². The van der Waals surface area contributed by atoms with Gasteiger partial charge in [-0.2, -0.15) is 0 Å². The number of hydrogen-bond acceptors (Lipinski definition) is 3. The van der Waals surface area contributed by atoms with Gasteiger partial charge in [0.15, 0.2) is 5.76 Å². The Bertz CT molecular complexity index is 947. The maximum atomic E-state index is 12.7. The molecule has 0 radical (unpaired) electrons. The van der Waals surface area contributed by atoms with Crippen LogP contribution in [0.2, 0.25) is 0 Å². The first-order chi connectivity index (χ1) is 14.5. The van der Waals surface area contributed by atoms with Gasteiger partial charge in [-0.1, -0.05) is 61.0 Å². The molecule has 1 N–H and O–H groups in total. The molecule has 0 spiro atoms. The first-order valence-electron chi connectivity index (χ1n) is 10.4. The molecule has 1 heterocycles. The van der Waals surface area contributed by atoms with E-state index in [0.717, 1.165) is 28.6 Å². The number of amides is 1. The second kappa shape index (κ2) is 10.5. The average Bonchev–Trinajstić information content (AvgIpc) is 3.26. The number of nitrogens with one attached hydrogen (secondary N) is 1. The summed E-state index contributed by atoms with van der Waals surface area (Å²) >= 11 is 3.40. The first-order valence-corrected chi connectivity index (χ1v) is 11.2. The molecular formula is C25H28BrNO3. The summed E-state index contributed by atoms with van der Waals surface area (Å²) in [4.78, 5) is 12.7. The van der Waals surface area contributed by atoms with Gasteiger partial charge in [0.25, 0.3) is 5.91 Å². The predicted molar refractivity (Wildman–Crippen MR) is 123 cm³/mol. The third-order valence-electron chi connectivity index (χ3n) is 5.31. The summed E-state index contributed by atoms with van der Waals surface area (Å²) in [5, 5.41) is 3.08. The Kier molecular flexibility index (Phi) is 7.75. The van der Waals surface area contributed by atoms with E-state index < -0.39 is 0 Å². The number of carbonyl (C=O) groups excluding carboxylic acids is 1. The van der Waals surface area contributed by atoms with E-state index in [4.69, 9.17) is 9.15 Å². The van der Waals surface area contributed by atoms with Gasteiger partial charge in [-0.3, -0.25) is 4.79 Å². The third-order valence-corrected chi connectivity index (χ3v) is 5.84. The van der Waals surface area contributed by atoms with Crippen LogP contribution in [0.15, 0.2) is 69.6 Å². The van der Waals surface area contributed by atoms with Crippen LogP contribution < -0.4 is 10.1 Å². The predicted octanol–water partition coefficient (Wildman–Crippen LogP) is 7.02. The van der Waals surface area contributed by atoms with E-state index in [9.17, 15) is 4.79 Å². The van der Waals surface area contributed by atoms with Gasteiger partial charge in [0.2, 0.25) is 0 Å². The number of benzene rings is 2. The average molecular weight is 470 g/mol. The molecule has 0 fully saturated rings. The van der Waals surface area contributed by atoms with Crippen molar-refractivity contribution < 1.29 is 13.9 Å². The molecule has 30 heavy (non-hydrogen) atoms. The lowest BCUT2D eigenvalue weighted by molar-refractivity contribution is 0.0903. The number of halogens is 1. The van der Waals surface area contributed by atoms with E-state index in [-0.39, 0.29) is 18.6 Å². The Morgan fingerprint density at radius 2 is 1.63 bits per heavy atom. The van der Waals surface area contributed by atoms with Crippen LogP contribution in [0.1, 0.15) is 73.0 Å². The maximum absolute atomic E-state index is 12.7. The second-order valence-electron chi connectivity index (χ2n) is 7.42.